The molecule has 0 aliphatic rings. The van der Waals surface area contributed by atoms with Crippen molar-refractivity contribution in [2.24, 2.45) is 0 Å². The van der Waals surface area contributed by atoms with E-state index in [4.69, 9.17) is 9.97 Å². The lowest BCUT2D eigenvalue weighted by Crippen LogP contribution is -1.97. The molecule has 11 aromatic rings. The molecule has 0 bridgehead atoms. The molecular weight excluding hydrogens is 601 g/mol. The largest absolute Gasteiger partial charge is 0.308 e. The maximum Gasteiger partial charge on any atom is 0.126 e. The van der Waals surface area contributed by atoms with E-state index in [-0.39, 0.29) is 0 Å². The van der Waals surface area contributed by atoms with Gasteiger partial charge in [0.2, 0.25) is 0 Å². The number of nitrogens with zero attached hydrogens (tertiary/aromatic N) is 4. The third-order valence-electron chi connectivity index (χ3n) is 9.47. The summed E-state index contributed by atoms with van der Waals surface area (Å²) in [6, 6.07) is 44.0. The summed E-state index contributed by atoms with van der Waals surface area (Å²) >= 11 is 3.52. The molecule has 0 amide bonds. The number of hydrogen-bond acceptors (Lipinski definition) is 4. The van der Waals surface area contributed by atoms with Gasteiger partial charge in [-0.2, -0.15) is 0 Å². The van der Waals surface area contributed by atoms with Crippen molar-refractivity contribution in [2.75, 3.05) is 0 Å². The van der Waals surface area contributed by atoms with Crippen molar-refractivity contribution < 1.29 is 0 Å². The topological polar surface area (TPSA) is 35.6 Å². The van der Waals surface area contributed by atoms with Crippen LogP contribution in [0.2, 0.25) is 0 Å². The summed E-state index contributed by atoms with van der Waals surface area (Å²) in [7, 11) is 0. The van der Waals surface area contributed by atoms with Crippen LogP contribution >= 0.6 is 22.7 Å². The summed E-state index contributed by atoms with van der Waals surface area (Å²) in [5, 5.41) is 9.87. The van der Waals surface area contributed by atoms with E-state index in [0.717, 1.165) is 21.0 Å². The number of fused-ring (bicyclic) bond motifs is 13. The minimum Gasteiger partial charge on any atom is -0.308 e. The van der Waals surface area contributed by atoms with Gasteiger partial charge in [-0.15, -0.1) is 22.7 Å². The highest BCUT2D eigenvalue weighted by atomic mass is 32.1. The second kappa shape index (κ2) is 9.01. The van der Waals surface area contributed by atoms with Crippen LogP contribution in [0.15, 0.2) is 134 Å². The number of rotatable bonds is 2. The molecule has 0 saturated heterocycles. The average Bonchev–Trinajstić information content (AvgIpc) is 3.85. The molecular formula is C40H22N4S2. The lowest BCUT2D eigenvalue weighted by molar-refractivity contribution is 1.18. The monoisotopic (exact) mass is 622 g/mol. The van der Waals surface area contributed by atoms with Gasteiger partial charge in [0.1, 0.15) is 9.66 Å². The lowest BCUT2D eigenvalue weighted by atomic mass is 10.1. The van der Waals surface area contributed by atoms with Crippen LogP contribution < -0.4 is 0 Å². The Morgan fingerprint density at radius 3 is 1.57 bits per heavy atom. The molecule has 0 N–H and O–H groups in total. The van der Waals surface area contributed by atoms with Crippen LogP contribution in [0, 0.1) is 0 Å². The van der Waals surface area contributed by atoms with Crippen molar-refractivity contribution in [3.63, 3.8) is 0 Å². The molecule has 0 aliphatic carbocycles. The van der Waals surface area contributed by atoms with E-state index < -0.39 is 0 Å². The van der Waals surface area contributed by atoms with Gasteiger partial charge in [-0.25, -0.2) is 9.97 Å². The molecule has 0 atom stereocenters. The molecule has 6 heteroatoms. The Labute approximate surface area is 270 Å². The van der Waals surface area contributed by atoms with Gasteiger partial charge in [0.25, 0.3) is 0 Å². The minimum absolute atomic E-state index is 1.06. The SMILES string of the molecule is c1ccc2c(c1)sc1nccc(-n3c4ccccc4c4c3ccc3c5ccccc5n(-c5ccnc6sc7ccccc7c56)c34)c12. The van der Waals surface area contributed by atoms with E-state index in [0.29, 0.717) is 0 Å². The molecule has 5 aromatic carbocycles. The van der Waals surface area contributed by atoms with Crippen LogP contribution in [0.25, 0.3) is 95.6 Å². The zero-order chi connectivity index (χ0) is 29.9. The fourth-order valence-electron chi connectivity index (χ4n) is 7.65. The predicted octanol–water partition coefficient (Wildman–Crippen LogP) is 11.4. The maximum atomic E-state index is 4.85. The van der Waals surface area contributed by atoms with Crippen LogP contribution in [-0.4, -0.2) is 19.1 Å². The van der Waals surface area contributed by atoms with Crippen molar-refractivity contribution >= 4 is 107 Å². The summed E-state index contributed by atoms with van der Waals surface area (Å²) in [5.41, 5.74) is 7.10. The van der Waals surface area contributed by atoms with E-state index in [1.54, 1.807) is 22.7 Å². The van der Waals surface area contributed by atoms with Crippen molar-refractivity contribution in [2.45, 2.75) is 0 Å². The average molecular weight is 623 g/mol. The highest BCUT2D eigenvalue weighted by molar-refractivity contribution is 7.25. The fourth-order valence-corrected chi connectivity index (χ4v) is 9.78. The molecule has 6 aromatic heterocycles. The van der Waals surface area contributed by atoms with Crippen molar-refractivity contribution in [1.82, 2.24) is 19.1 Å². The Hall–Kier alpha value is -5.56. The van der Waals surface area contributed by atoms with Crippen LogP contribution in [0.3, 0.4) is 0 Å². The third-order valence-corrected chi connectivity index (χ3v) is 11.6. The standard InChI is InChI=1S/C40H22N4S2/c1-5-13-28-23(9-1)24-17-18-30-35(38(24)44(28)32-20-22-42-40-37(32)27-12-4-8-16-34(27)46-40)25-10-2-6-14-29(25)43(30)31-19-21-41-39-36(31)26-11-3-7-15-33(26)45-39/h1-22H. The molecule has 214 valence electrons. The zero-order valence-electron chi connectivity index (χ0n) is 24.3. The third kappa shape index (κ3) is 3.12. The highest BCUT2D eigenvalue weighted by Gasteiger charge is 2.23. The number of para-hydroxylation sites is 2. The van der Waals surface area contributed by atoms with Gasteiger partial charge in [-0.3, -0.25) is 0 Å². The van der Waals surface area contributed by atoms with Gasteiger partial charge in [-0.1, -0.05) is 78.9 Å². The summed E-state index contributed by atoms with van der Waals surface area (Å²) in [6.45, 7) is 0. The van der Waals surface area contributed by atoms with E-state index >= 15 is 0 Å². The fraction of sp³-hybridized carbons (Fsp3) is 0. The molecule has 0 unspecified atom stereocenters. The van der Waals surface area contributed by atoms with E-state index in [1.807, 2.05) is 12.4 Å². The Morgan fingerprint density at radius 2 is 0.913 bits per heavy atom. The first-order valence-electron chi connectivity index (χ1n) is 15.3. The lowest BCUT2D eigenvalue weighted by Gasteiger charge is -2.12. The van der Waals surface area contributed by atoms with E-state index in [9.17, 15) is 0 Å². The Balaban J connectivity index is 1.37. The molecule has 0 saturated carbocycles. The van der Waals surface area contributed by atoms with Crippen LogP contribution in [0.1, 0.15) is 0 Å². The second-order valence-corrected chi connectivity index (χ2v) is 13.8. The minimum atomic E-state index is 1.06. The number of aromatic nitrogens is 4. The van der Waals surface area contributed by atoms with Gasteiger partial charge >= 0.3 is 0 Å². The molecule has 6 heterocycles. The second-order valence-electron chi connectivity index (χ2n) is 11.8. The van der Waals surface area contributed by atoms with Gasteiger partial charge in [0.15, 0.2) is 0 Å². The Kier molecular flexibility index (Phi) is 4.84. The van der Waals surface area contributed by atoms with Gasteiger partial charge in [0.05, 0.1) is 33.4 Å². The Bertz CT molecular complexity index is 3050. The molecule has 0 radical (unpaired) electrons. The highest BCUT2D eigenvalue weighted by Crippen LogP contribution is 2.46. The summed E-state index contributed by atoms with van der Waals surface area (Å²) in [5.74, 6) is 0. The Morgan fingerprint density at radius 1 is 0.391 bits per heavy atom. The normalized spacial score (nSPS) is 12.3. The summed E-state index contributed by atoms with van der Waals surface area (Å²) in [4.78, 5) is 11.8. The summed E-state index contributed by atoms with van der Waals surface area (Å²) < 4.78 is 7.46. The first kappa shape index (κ1) is 24.7. The van der Waals surface area contributed by atoms with Crippen LogP contribution in [-0.2, 0) is 0 Å². The zero-order valence-corrected chi connectivity index (χ0v) is 25.9. The van der Waals surface area contributed by atoms with Crippen molar-refractivity contribution in [3.05, 3.63) is 134 Å². The van der Waals surface area contributed by atoms with Crippen LogP contribution in [0.4, 0.5) is 0 Å². The number of hydrogen-bond donors (Lipinski definition) is 0. The quantitative estimate of drug-likeness (QED) is 0.192. The number of benzene rings is 5. The maximum absolute atomic E-state index is 4.85. The smallest absolute Gasteiger partial charge is 0.126 e. The van der Waals surface area contributed by atoms with Gasteiger partial charge < -0.3 is 9.13 Å². The predicted molar refractivity (Wildman–Crippen MR) is 196 cm³/mol. The number of pyridine rings is 2. The molecule has 0 fully saturated rings. The van der Waals surface area contributed by atoms with E-state index in [1.165, 1.54) is 74.6 Å². The first-order chi connectivity index (χ1) is 22.8. The molecule has 0 aliphatic heterocycles. The first-order valence-corrected chi connectivity index (χ1v) is 17.0. The van der Waals surface area contributed by atoms with Gasteiger partial charge in [0, 0.05) is 64.9 Å². The number of thiophene rings is 2. The van der Waals surface area contributed by atoms with Gasteiger partial charge in [-0.05, 0) is 42.5 Å². The van der Waals surface area contributed by atoms with Crippen molar-refractivity contribution in [1.29, 1.82) is 0 Å². The van der Waals surface area contributed by atoms with E-state index in [2.05, 4.69) is 130 Å². The van der Waals surface area contributed by atoms with Crippen molar-refractivity contribution in [3.8, 4) is 11.4 Å². The van der Waals surface area contributed by atoms with Crippen LogP contribution in [0.5, 0.6) is 0 Å². The molecule has 4 nitrogen and oxygen atoms in total. The summed E-state index contributed by atoms with van der Waals surface area (Å²) in [6.07, 6.45) is 3.92. The molecule has 0 spiro atoms. The molecule has 46 heavy (non-hydrogen) atoms. The molecule has 11 rings (SSSR count).